The normalized spacial score (nSPS) is 30.5. The van der Waals surface area contributed by atoms with Gasteiger partial charge in [-0.1, -0.05) is 65.8 Å². The third kappa shape index (κ3) is 4.77. The molecule has 2 aliphatic rings. The monoisotopic (exact) mass is 364 g/mol. The summed E-state index contributed by atoms with van der Waals surface area (Å²) < 4.78 is 9.40. The Hall–Kier alpha value is -1.58. The van der Waals surface area contributed by atoms with E-state index in [1.165, 1.54) is 14.2 Å². The average Bonchev–Trinajstić information content (AvgIpc) is 2.94. The second kappa shape index (κ2) is 7.98. The van der Waals surface area contributed by atoms with Gasteiger partial charge in [0.2, 0.25) is 0 Å². The van der Waals surface area contributed by atoms with Crippen LogP contribution in [0.3, 0.4) is 0 Å². The number of hydrogen-bond acceptors (Lipinski definition) is 4. The molecule has 0 N–H and O–H groups in total. The Bertz CT molecular complexity index is 585. The predicted molar refractivity (Wildman–Crippen MR) is 105 cm³/mol. The number of carbonyl (C=O) groups excluding carboxylic acids is 2. The summed E-state index contributed by atoms with van der Waals surface area (Å²) in [4.78, 5) is 22.4. The zero-order valence-corrected chi connectivity index (χ0v) is 17.8. The van der Waals surface area contributed by atoms with Crippen molar-refractivity contribution < 1.29 is 19.1 Å². The molecular weight excluding hydrogens is 328 g/mol. The van der Waals surface area contributed by atoms with E-state index < -0.39 is 0 Å². The van der Waals surface area contributed by atoms with Crippen molar-refractivity contribution in [2.45, 2.75) is 67.2 Å². The predicted octanol–water partition coefficient (Wildman–Crippen LogP) is 5.08. The first-order valence-corrected chi connectivity index (χ1v) is 9.31. The molecule has 0 spiro atoms. The summed E-state index contributed by atoms with van der Waals surface area (Å²) in [7, 11) is 2.89. The summed E-state index contributed by atoms with van der Waals surface area (Å²) in [6, 6.07) is 0. The van der Waals surface area contributed by atoms with Crippen molar-refractivity contribution in [3.63, 3.8) is 0 Å². The van der Waals surface area contributed by atoms with Crippen molar-refractivity contribution in [3.05, 3.63) is 24.3 Å². The highest BCUT2D eigenvalue weighted by Gasteiger charge is 2.44. The van der Waals surface area contributed by atoms with E-state index >= 15 is 0 Å². The molecule has 0 aliphatic heterocycles. The molecule has 0 aromatic rings. The minimum Gasteiger partial charge on any atom is -0.469 e. The van der Waals surface area contributed by atoms with E-state index in [1.54, 1.807) is 0 Å². The maximum atomic E-state index is 11.2. The lowest BCUT2D eigenvalue weighted by Crippen LogP contribution is -2.32. The van der Waals surface area contributed by atoms with Crippen LogP contribution in [-0.2, 0) is 19.1 Å². The molecule has 0 heterocycles. The minimum absolute atomic E-state index is 0.0279. The summed E-state index contributed by atoms with van der Waals surface area (Å²) in [6.07, 6.45) is 11.6. The van der Waals surface area contributed by atoms with Gasteiger partial charge in [-0.3, -0.25) is 9.59 Å². The molecule has 0 aromatic heterocycles. The number of esters is 2. The molecule has 0 fully saturated rings. The number of ether oxygens (including phenoxy) is 2. The molecule has 0 saturated heterocycles. The van der Waals surface area contributed by atoms with Crippen molar-refractivity contribution in [1.82, 2.24) is 0 Å². The standard InChI is InChI=1S/2C11H18O2/c2*1-10(2)6-5-7-11(10,3)8-9(12)13-4/h5,7H,6,8H2,1-4H3;5-6H,7-8H2,1-4H3/t2*11-/m00/s1. The summed E-state index contributed by atoms with van der Waals surface area (Å²) in [5.74, 6) is -0.235. The van der Waals surface area contributed by atoms with Gasteiger partial charge in [0.25, 0.3) is 0 Å². The van der Waals surface area contributed by atoms with Crippen molar-refractivity contribution in [1.29, 1.82) is 0 Å². The quantitative estimate of drug-likeness (QED) is 0.515. The van der Waals surface area contributed by atoms with Crippen LogP contribution in [0.15, 0.2) is 24.3 Å². The number of rotatable bonds is 4. The van der Waals surface area contributed by atoms with Gasteiger partial charge in [-0.05, 0) is 29.1 Å². The highest BCUT2D eigenvalue weighted by atomic mass is 16.5. The van der Waals surface area contributed by atoms with Crippen molar-refractivity contribution in [2.24, 2.45) is 21.7 Å². The van der Waals surface area contributed by atoms with Gasteiger partial charge in [0.1, 0.15) is 0 Å². The number of methoxy groups -OCH3 is 2. The topological polar surface area (TPSA) is 52.6 Å². The second-order valence-corrected chi connectivity index (χ2v) is 9.30. The van der Waals surface area contributed by atoms with Crippen LogP contribution in [0.25, 0.3) is 0 Å². The van der Waals surface area contributed by atoms with Crippen LogP contribution in [0, 0.1) is 21.7 Å². The van der Waals surface area contributed by atoms with E-state index in [0.29, 0.717) is 12.8 Å². The molecule has 0 unspecified atom stereocenters. The van der Waals surface area contributed by atoms with Gasteiger partial charge in [0.05, 0.1) is 27.1 Å². The molecule has 2 atom stereocenters. The first kappa shape index (κ1) is 22.5. The number of allylic oxidation sites excluding steroid dienone is 4. The maximum absolute atomic E-state index is 11.2. The molecule has 4 nitrogen and oxygen atoms in total. The molecule has 148 valence electrons. The summed E-state index contributed by atoms with van der Waals surface area (Å²) in [6.45, 7) is 13.0. The highest BCUT2D eigenvalue weighted by Crippen LogP contribution is 2.51. The smallest absolute Gasteiger partial charge is 0.306 e. The molecule has 2 rings (SSSR count). The van der Waals surface area contributed by atoms with Gasteiger partial charge < -0.3 is 9.47 Å². The van der Waals surface area contributed by atoms with E-state index in [2.05, 4.69) is 65.8 Å². The Balaban J connectivity index is 0.000000260. The fourth-order valence-corrected chi connectivity index (χ4v) is 3.51. The minimum atomic E-state index is -0.123. The molecule has 4 heteroatoms. The van der Waals surface area contributed by atoms with Gasteiger partial charge in [-0.2, -0.15) is 0 Å². The Morgan fingerprint density at radius 1 is 0.808 bits per heavy atom. The zero-order chi connectivity index (χ0) is 20.2. The van der Waals surface area contributed by atoms with Crippen LogP contribution in [0.5, 0.6) is 0 Å². The van der Waals surface area contributed by atoms with Crippen molar-refractivity contribution in [2.75, 3.05) is 14.2 Å². The lowest BCUT2D eigenvalue weighted by Gasteiger charge is -2.37. The zero-order valence-electron chi connectivity index (χ0n) is 17.8. The van der Waals surface area contributed by atoms with E-state index in [-0.39, 0.29) is 33.6 Å². The van der Waals surface area contributed by atoms with E-state index in [0.717, 1.165) is 12.8 Å². The van der Waals surface area contributed by atoms with Crippen LogP contribution >= 0.6 is 0 Å². The number of carbonyl (C=O) groups is 2. The Kier molecular flexibility index (Phi) is 6.89. The Morgan fingerprint density at radius 3 is 1.69 bits per heavy atom. The van der Waals surface area contributed by atoms with Gasteiger partial charge in [0.15, 0.2) is 0 Å². The molecule has 0 amide bonds. The fourth-order valence-electron chi connectivity index (χ4n) is 3.51. The van der Waals surface area contributed by atoms with Crippen LogP contribution in [0.1, 0.15) is 67.2 Å². The summed E-state index contributed by atoms with van der Waals surface area (Å²) >= 11 is 0. The van der Waals surface area contributed by atoms with Crippen LogP contribution in [-0.4, -0.2) is 26.2 Å². The Morgan fingerprint density at radius 2 is 1.31 bits per heavy atom. The maximum Gasteiger partial charge on any atom is 0.306 e. The average molecular weight is 365 g/mol. The van der Waals surface area contributed by atoms with Crippen molar-refractivity contribution >= 4 is 11.9 Å². The Labute approximate surface area is 159 Å². The lowest BCUT2D eigenvalue weighted by molar-refractivity contribution is -0.145. The van der Waals surface area contributed by atoms with Gasteiger partial charge in [0, 0.05) is 5.41 Å². The third-order valence-electron chi connectivity index (χ3n) is 6.82. The van der Waals surface area contributed by atoms with Gasteiger partial charge in [-0.25, -0.2) is 0 Å². The molecule has 0 bridgehead atoms. The van der Waals surface area contributed by atoms with E-state index in [4.69, 9.17) is 9.47 Å². The lowest BCUT2D eigenvalue weighted by atomic mass is 9.67. The van der Waals surface area contributed by atoms with Crippen molar-refractivity contribution in [3.8, 4) is 0 Å². The van der Waals surface area contributed by atoms with Gasteiger partial charge >= 0.3 is 11.9 Å². The first-order chi connectivity index (χ1) is 11.8. The van der Waals surface area contributed by atoms with Gasteiger partial charge in [-0.15, -0.1) is 0 Å². The molecule has 26 heavy (non-hydrogen) atoms. The molecule has 0 aromatic carbocycles. The SMILES string of the molecule is COC(=O)C[C@]1(C)C=CCC1(C)C.COC(=O)C[C@]1(C)CC=CC1(C)C. The molecule has 2 aliphatic carbocycles. The summed E-state index contributed by atoms with van der Waals surface area (Å²) in [5.41, 5.74) is 0.253. The van der Waals surface area contributed by atoms with Crippen LogP contribution in [0.4, 0.5) is 0 Å². The number of hydrogen-bond donors (Lipinski definition) is 0. The summed E-state index contributed by atoms with van der Waals surface area (Å²) in [5, 5.41) is 0. The van der Waals surface area contributed by atoms with Crippen LogP contribution in [0.2, 0.25) is 0 Å². The third-order valence-corrected chi connectivity index (χ3v) is 6.82. The molecule has 0 saturated carbocycles. The first-order valence-electron chi connectivity index (χ1n) is 9.31. The van der Waals surface area contributed by atoms with E-state index in [1.807, 2.05) is 0 Å². The largest absolute Gasteiger partial charge is 0.469 e. The van der Waals surface area contributed by atoms with Crippen LogP contribution < -0.4 is 0 Å². The second-order valence-electron chi connectivity index (χ2n) is 9.30. The van der Waals surface area contributed by atoms with E-state index in [9.17, 15) is 9.59 Å². The molecular formula is C22H36O4. The molecule has 0 radical (unpaired) electrons. The highest BCUT2D eigenvalue weighted by molar-refractivity contribution is 5.71. The fraction of sp³-hybridized carbons (Fsp3) is 0.727.